The molecule has 5 heteroatoms. The second-order valence-electron chi connectivity index (χ2n) is 4.87. The molecule has 1 amide bonds. The van der Waals surface area contributed by atoms with Crippen molar-refractivity contribution < 1.29 is 19.4 Å². The normalized spacial score (nSPS) is 11.1. The van der Waals surface area contributed by atoms with Crippen LogP contribution in [0.2, 0.25) is 0 Å². The molecule has 106 valence electrons. The van der Waals surface area contributed by atoms with E-state index in [1.165, 1.54) is 25.9 Å². The Hall–Kier alpha value is -1.75. The molecule has 0 unspecified atom stereocenters. The quantitative estimate of drug-likeness (QED) is 0.903. The number of hydrogen-bond acceptors (Lipinski definition) is 4. The SMILES string of the molecule is COc1ccc(N(C)C(=O)C(C)(C)O)c(OC)c1C. The minimum Gasteiger partial charge on any atom is -0.496 e. The number of carbonyl (C=O) groups excluding carboxylic acids is 1. The lowest BCUT2D eigenvalue weighted by Crippen LogP contribution is -2.43. The third kappa shape index (κ3) is 2.98. The van der Waals surface area contributed by atoms with Crippen molar-refractivity contribution in [1.29, 1.82) is 0 Å². The van der Waals surface area contributed by atoms with Gasteiger partial charge in [-0.3, -0.25) is 4.79 Å². The van der Waals surface area contributed by atoms with Gasteiger partial charge < -0.3 is 19.5 Å². The van der Waals surface area contributed by atoms with Gasteiger partial charge in [-0.1, -0.05) is 0 Å². The number of rotatable bonds is 4. The summed E-state index contributed by atoms with van der Waals surface area (Å²) in [5.74, 6) is 0.833. The van der Waals surface area contributed by atoms with E-state index in [0.29, 0.717) is 17.2 Å². The fourth-order valence-corrected chi connectivity index (χ4v) is 1.92. The van der Waals surface area contributed by atoms with E-state index in [1.54, 1.807) is 26.3 Å². The van der Waals surface area contributed by atoms with Crippen LogP contribution in [0.5, 0.6) is 11.5 Å². The second-order valence-corrected chi connectivity index (χ2v) is 4.87. The molecule has 0 aliphatic carbocycles. The minimum absolute atomic E-state index is 0.407. The van der Waals surface area contributed by atoms with Crippen LogP contribution < -0.4 is 14.4 Å². The molecule has 0 heterocycles. The van der Waals surface area contributed by atoms with Crippen LogP contribution in [0.1, 0.15) is 19.4 Å². The zero-order chi connectivity index (χ0) is 14.8. The first kappa shape index (κ1) is 15.3. The molecule has 0 fully saturated rings. The van der Waals surface area contributed by atoms with Gasteiger partial charge in [-0.05, 0) is 32.9 Å². The van der Waals surface area contributed by atoms with Crippen molar-refractivity contribution in [1.82, 2.24) is 0 Å². The average Bonchev–Trinajstić information content (AvgIpc) is 2.35. The molecule has 19 heavy (non-hydrogen) atoms. The summed E-state index contributed by atoms with van der Waals surface area (Å²) in [6.07, 6.45) is 0. The Kier molecular flexibility index (Phi) is 4.42. The summed E-state index contributed by atoms with van der Waals surface area (Å²) in [7, 11) is 4.71. The molecule has 0 bridgehead atoms. The van der Waals surface area contributed by atoms with Crippen molar-refractivity contribution >= 4 is 11.6 Å². The fourth-order valence-electron chi connectivity index (χ4n) is 1.92. The van der Waals surface area contributed by atoms with Crippen molar-refractivity contribution in [3.8, 4) is 11.5 Å². The first-order chi connectivity index (χ1) is 8.73. The van der Waals surface area contributed by atoms with Gasteiger partial charge in [0.1, 0.15) is 17.1 Å². The lowest BCUT2D eigenvalue weighted by atomic mass is 10.1. The maximum absolute atomic E-state index is 12.1. The number of aliphatic hydroxyl groups is 1. The molecule has 1 N–H and O–H groups in total. The molecule has 1 aromatic rings. The molecule has 0 aliphatic heterocycles. The third-order valence-electron chi connectivity index (χ3n) is 2.95. The highest BCUT2D eigenvalue weighted by molar-refractivity contribution is 5.99. The van der Waals surface area contributed by atoms with Gasteiger partial charge >= 0.3 is 0 Å². The Labute approximate surface area is 113 Å². The van der Waals surface area contributed by atoms with Gasteiger partial charge in [0.05, 0.1) is 19.9 Å². The van der Waals surface area contributed by atoms with E-state index in [4.69, 9.17) is 9.47 Å². The number of carbonyl (C=O) groups is 1. The van der Waals surface area contributed by atoms with E-state index in [9.17, 15) is 9.90 Å². The summed E-state index contributed by atoms with van der Waals surface area (Å²) in [5.41, 5.74) is -0.0426. The summed E-state index contributed by atoms with van der Waals surface area (Å²) < 4.78 is 10.6. The number of benzene rings is 1. The Morgan fingerprint density at radius 1 is 1.26 bits per heavy atom. The van der Waals surface area contributed by atoms with Gasteiger partial charge in [0.25, 0.3) is 5.91 Å². The first-order valence-corrected chi connectivity index (χ1v) is 5.96. The zero-order valence-corrected chi connectivity index (χ0v) is 12.3. The van der Waals surface area contributed by atoms with E-state index in [2.05, 4.69) is 0 Å². The van der Waals surface area contributed by atoms with Crippen LogP contribution in [0.15, 0.2) is 12.1 Å². The molecule has 0 spiro atoms. The second kappa shape index (κ2) is 5.48. The molecular weight excluding hydrogens is 246 g/mol. The molecule has 5 nitrogen and oxygen atoms in total. The standard InChI is InChI=1S/C14H21NO4/c1-9-11(18-5)8-7-10(12(9)19-6)15(4)13(16)14(2,3)17/h7-8,17H,1-6H3. The monoisotopic (exact) mass is 267 g/mol. The maximum Gasteiger partial charge on any atom is 0.258 e. The number of anilines is 1. The molecule has 0 aliphatic rings. The van der Waals surface area contributed by atoms with Crippen LogP contribution in [0.3, 0.4) is 0 Å². The lowest BCUT2D eigenvalue weighted by molar-refractivity contribution is -0.133. The highest BCUT2D eigenvalue weighted by atomic mass is 16.5. The van der Waals surface area contributed by atoms with Gasteiger partial charge in [-0.25, -0.2) is 0 Å². The molecule has 0 aromatic heterocycles. The van der Waals surface area contributed by atoms with Gasteiger partial charge in [-0.2, -0.15) is 0 Å². The van der Waals surface area contributed by atoms with Crippen molar-refractivity contribution in [2.24, 2.45) is 0 Å². The lowest BCUT2D eigenvalue weighted by Gasteiger charge is -2.27. The number of hydrogen-bond donors (Lipinski definition) is 1. The van der Waals surface area contributed by atoms with Crippen molar-refractivity contribution in [2.75, 3.05) is 26.2 Å². The van der Waals surface area contributed by atoms with Crippen LogP contribution in [0, 0.1) is 6.92 Å². The van der Waals surface area contributed by atoms with Gasteiger partial charge in [0.2, 0.25) is 0 Å². The highest BCUT2D eigenvalue weighted by Gasteiger charge is 2.30. The number of methoxy groups -OCH3 is 2. The largest absolute Gasteiger partial charge is 0.496 e. The minimum atomic E-state index is -1.44. The van der Waals surface area contributed by atoms with Crippen LogP contribution >= 0.6 is 0 Å². The van der Waals surface area contributed by atoms with Crippen molar-refractivity contribution in [3.63, 3.8) is 0 Å². The van der Waals surface area contributed by atoms with Crippen LogP contribution in [0.4, 0.5) is 5.69 Å². The summed E-state index contributed by atoms with van der Waals surface area (Å²) in [4.78, 5) is 13.5. The molecule has 1 rings (SSSR count). The van der Waals surface area contributed by atoms with Crippen molar-refractivity contribution in [3.05, 3.63) is 17.7 Å². The van der Waals surface area contributed by atoms with Gasteiger partial charge in [-0.15, -0.1) is 0 Å². The predicted octanol–water partition coefficient (Wildman–Crippen LogP) is 1.75. The molecule has 1 aromatic carbocycles. The number of ether oxygens (including phenoxy) is 2. The Bertz CT molecular complexity index is 477. The molecule has 0 saturated carbocycles. The zero-order valence-electron chi connectivity index (χ0n) is 12.3. The van der Waals surface area contributed by atoms with Crippen LogP contribution in [0.25, 0.3) is 0 Å². The van der Waals surface area contributed by atoms with Crippen LogP contribution in [-0.4, -0.2) is 37.9 Å². The summed E-state index contributed by atoms with van der Waals surface area (Å²) in [5, 5.41) is 9.79. The molecular formula is C14H21NO4. The topological polar surface area (TPSA) is 59.0 Å². The molecule has 0 saturated heterocycles. The van der Waals surface area contributed by atoms with E-state index in [1.807, 2.05) is 6.92 Å². The predicted molar refractivity (Wildman–Crippen MR) is 74.0 cm³/mol. The van der Waals surface area contributed by atoms with E-state index in [-0.39, 0.29) is 0 Å². The first-order valence-electron chi connectivity index (χ1n) is 5.96. The van der Waals surface area contributed by atoms with E-state index < -0.39 is 11.5 Å². The van der Waals surface area contributed by atoms with Gasteiger partial charge in [0, 0.05) is 12.6 Å². The smallest absolute Gasteiger partial charge is 0.258 e. The molecule has 0 radical (unpaired) electrons. The molecule has 0 atom stereocenters. The van der Waals surface area contributed by atoms with E-state index in [0.717, 1.165) is 5.56 Å². The highest BCUT2D eigenvalue weighted by Crippen LogP contribution is 2.37. The fraction of sp³-hybridized carbons (Fsp3) is 0.500. The van der Waals surface area contributed by atoms with E-state index >= 15 is 0 Å². The Balaban J connectivity index is 3.28. The summed E-state index contributed by atoms with van der Waals surface area (Å²) in [6, 6.07) is 3.50. The maximum atomic E-state index is 12.1. The number of likely N-dealkylation sites (N-methyl/N-ethyl adjacent to an activating group) is 1. The Morgan fingerprint density at radius 2 is 1.84 bits per heavy atom. The summed E-state index contributed by atoms with van der Waals surface area (Å²) in [6.45, 7) is 4.76. The number of nitrogens with zero attached hydrogens (tertiary/aromatic N) is 1. The third-order valence-corrected chi connectivity index (χ3v) is 2.95. The van der Waals surface area contributed by atoms with Crippen LogP contribution in [-0.2, 0) is 4.79 Å². The Morgan fingerprint density at radius 3 is 2.26 bits per heavy atom. The summed E-state index contributed by atoms with van der Waals surface area (Å²) >= 11 is 0. The average molecular weight is 267 g/mol. The number of amides is 1. The van der Waals surface area contributed by atoms with Crippen molar-refractivity contribution in [2.45, 2.75) is 26.4 Å². The van der Waals surface area contributed by atoms with Gasteiger partial charge in [0.15, 0.2) is 0 Å².